The van der Waals surface area contributed by atoms with Crippen molar-refractivity contribution >= 4 is 11.6 Å². The van der Waals surface area contributed by atoms with E-state index in [4.69, 9.17) is 21.9 Å². The maximum absolute atomic E-state index is 9.37. The van der Waals surface area contributed by atoms with Gasteiger partial charge in [-0.3, -0.25) is 4.98 Å². The predicted molar refractivity (Wildman–Crippen MR) is 56.6 cm³/mol. The Bertz CT molecular complexity index is 471. The molecule has 0 radical (unpaired) electrons. The van der Waals surface area contributed by atoms with Crippen LogP contribution in [0.25, 0.3) is 11.5 Å². The van der Waals surface area contributed by atoms with Crippen molar-refractivity contribution < 1.29 is 9.63 Å². The van der Waals surface area contributed by atoms with Gasteiger partial charge < -0.3 is 15.4 Å². The highest BCUT2D eigenvalue weighted by atomic mass is 35.5. The third-order valence-corrected chi connectivity index (χ3v) is 2.13. The lowest BCUT2D eigenvalue weighted by Gasteiger charge is -1.98. The molecule has 0 spiro atoms. The van der Waals surface area contributed by atoms with Crippen molar-refractivity contribution in [2.24, 2.45) is 5.73 Å². The monoisotopic (exact) mass is 240 g/mol. The van der Waals surface area contributed by atoms with Gasteiger partial charge in [-0.2, -0.15) is 4.98 Å². The molecule has 0 aromatic carbocycles. The first-order valence-electron chi connectivity index (χ1n) is 4.54. The van der Waals surface area contributed by atoms with Crippen molar-refractivity contribution in [3.05, 3.63) is 29.2 Å². The molecule has 1 atom stereocenters. The van der Waals surface area contributed by atoms with E-state index in [0.29, 0.717) is 16.5 Å². The molecule has 0 saturated carbocycles. The normalized spacial score (nSPS) is 12.7. The van der Waals surface area contributed by atoms with Crippen LogP contribution < -0.4 is 5.73 Å². The van der Waals surface area contributed by atoms with Gasteiger partial charge in [0.25, 0.3) is 5.89 Å². The molecular formula is C9H9ClN4O2. The Morgan fingerprint density at radius 3 is 2.94 bits per heavy atom. The summed E-state index contributed by atoms with van der Waals surface area (Å²) in [6, 6.07) is 3.32. The van der Waals surface area contributed by atoms with Crippen molar-refractivity contribution in [1.82, 2.24) is 15.1 Å². The quantitative estimate of drug-likeness (QED) is 0.823. The molecule has 2 aromatic heterocycles. The third kappa shape index (κ3) is 2.19. The molecule has 2 aromatic rings. The van der Waals surface area contributed by atoms with E-state index >= 15 is 0 Å². The fraction of sp³-hybridized carbons (Fsp3) is 0.222. The summed E-state index contributed by atoms with van der Waals surface area (Å²) in [5, 5.41) is 13.6. The summed E-state index contributed by atoms with van der Waals surface area (Å²) in [5.74, 6) is 0.369. The summed E-state index contributed by atoms with van der Waals surface area (Å²) in [5.41, 5.74) is 5.78. The lowest BCUT2D eigenvalue weighted by Crippen LogP contribution is -2.11. The molecule has 0 bridgehead atoms. The first-order valence-corrected chi connectivity index (χ1v) is 4.92. The second-order valence-electron chi connectivity index (χ2n) is 3.07. The lowest BCUT2D eigenvalue weighted by atomic mass is 10.3. The van der Waals surface area contributed by atoms with Gasteiger partial charge in [0.2, 0.25) is 5.82 Å². The molecule has 7 heteroatoms. The minimum Gasteiger partial charge on any atom is -0.382 e. The molecule has 0 aliphatic carbocycles. The number of aromatic nitrogens is 3. The van der Waals surface area contributed by atoms with Crippen LogP contribution in [0.15, 0.2) is 22.9 Å². The van der Waals surface area contributed by atoms with E-state index in [-0.39, 0.29) is 12.4 Å². The molecule has 0 saturated heterocycles. The Labute approximate surface area is 96.1 Å². The van der Waals surface area contributed by atoms with E-state index in [2.05, 4.69) is 15.1 Å². The van der Waals surface area contributed by atoms with Gasteiger partial charge in [-0.1, -0.05) is 16.8 Å². The largest absolute Gasteiger partial charge is 0.382 e. The number of nitrogens with zero attached hydrogens (tertiary/aromatic N) is 3. The van der Waals surface area contributed by atoms with Crippen LogP contribution >= 0.6 is 11.6 Å². The number of pyridine rings is 1. The lowest BCUT2D eigenvalue weighted by molar-refractivity contribution is 0.141. The van der Waals surface area contributed by atoms with E-state index in [1.165, 1.54) is 6.20 Å². The van der Waals surface area contributed by atoms with Crippen molar-refractivity contribution in [2.75, 3.05) is 6.54 Å². The first kappa shape index (κ1) is 11.0. The highest BCUT2D eigenvalue weighted by Crippen LogP contribution is 2.17. The average Bonchev–Trinajstić information content (AvgIpc) is 2.78. The van der Waals surface area contributed by atoms with Gasteiger partial charge in [-0.05, 0) is 12.1 Å². The van der Waals surface area contributed by atoms with Crippen molar-refractivity contribution in [3.8, 4) is 11.5 Å². The standard InChI is InChI=1S/C9H9ClN4O2/c10-5-1-2-6(12-4-5)8-13-9(16-14-8)7(15)3-11/h1-2,4,7,15H,3,11H2/t7-/m0/s1. The average molecular weight is 241 g/mol. The molecule has 0 aliphatic rings. The third-order valence-electron chi connectivity index (χ3n) is 1.91. The van der Waals surface area contributed by atoms with Crippen LogP contribution in [0.5, 0.6) is 0 Å². The fourth-order valence-electron chi connectivity index (χ4n) is 1.08. The molecule has 84 valence electrons. The number of halogens is 1. The highest BCUT2D eigenvalue weighted by molar-refractivity contribution is 6.30. The predicted octanol–water partition coefficient (Wildman–Crippen LogP) is 0.777. The SMILES string of the molecule is NC[C@H](O)c1nc(-c2ccc(Cl)cn2)no1. The minimum atomic E-state index is -0.950. The Hall–Kier alpha value is -1.50. The van der Waals surface area contributed by atoms with Gasteiger partial charge >= 0.3 is 0 Å². The molecule has 0 amide bonds. The molecule has 0 unspecified atom stereocenters. The minimum absolute atomic E-state index is 0.0235. The zero-order valence-corrected chi connectivity index (χ0v) is 8.92. The first-order chi connectivity index (χ1) is 7.70. The van der Waals surface area contributed by atoms with E-state index in [1.807, 2.05) is 0 Å². The summed E-state index contributed by atoms with van der Waals surface area (Å²) in [6.07, 6.45) is 0.528. The van der Waals surface area contributed by atoms with Gasteiger partial charge in [0, 0.05) is 12.7 Å². The van der Waals surface area contributed by atoms with Crippen LogP contribution in [-0.4, -0.2) is 26.8 Å². The number of rotatable bonds is 3. The number of aliphatic hydroxyl groups is 1. The van der Waals surface area contributed by atoms with Crippen LogP contribution in [0.1, 0.15) is 12.0 Å². The molecule has 2 heterocycles. The number of hydrogen-bond donors (Lipinski definition) is 2. The molecule has 2 rings (SSSR count). The maximum atomic E-state index is 9.37. The van der Waals surface area contributed by atoms with Gasteiger partial charge in [0.1, 0.15) is 11.8 Å². The van der Waals surface area contributed by atoms with Gasteiger partial charge in [-0.25, -0.2) is 0 Å². The summed E-state index contributed by atoms with van der Waals surface area (Å²) in [4.78, 5) is 7.98. The van der Waals surface area contributed by atoms with Crippen LogP contribution in [0.3, 0.4) is 0 Å². The van der Waals surface area contributed by atoms with Gasteiger partial charge in [0.05, 0.1) is 5.02 Å². The van der Waals surface area contributed by atoms with E-state index in [1.54, 1.807) is 12.1 Å². The van der Waals surface area contributed by atoms with Crippen LogP contribution in [0.4, 0.5) is 0 Å². The summed E-state index contributed by atoms with van der Waals surface area (Å²) >= 11 is 5.69. The fourth-order valence-corrected chi connectivity index (χ4v) is 1.20. The molecule has 0 aliphatic heterocycles. The van der Waals surface area contributed by atoms with Crippen LogP contribution in [0, 0.1) is 0 Å². The Morgan fingerprint density at radius 2 is 2.31 bits per heavy atom. The van der Waals surface area contributed by atoms with E-state index in [0.717, 1.165) is 0 Å². The number of aliphatic hydroxyl groups excluding tert-OH is 1. The zero-order valence-electron chi connectivity index (χ0n) is 8.17. The second kappa shape index (κ2) is 4.56. The molecule has 6 nitrogen and oxygen atoms in total. The molecular weight excluding hydrogens is 232 g/mol. The van der Waals surface area contributed by atoms with E-state index in [9.17, 15) is 5.11 Å². The van der Waals surface area contributed by atoms with Crippen molar-refractivity contribution in [1.29, 1.82) is 0 Å². The molecule has 16 heavy (non-hydrogen) atoms. The molecule has 3 N–H and O–H groups in total. The van der Waals surface area contributed by atoms with Gasteiger partial charge in [-0.15, -0.1) is 0 Å². The Balaban J connectivity index is 2.28. The number of nitrogens with two attached hydrogens (primary N) is 1. The highest BCUT2D eigenvalue weighted by Gasteiger charge is 2.15. The van der Waals surface area contributed by atoms with Crippen molar-refractivity contribution in [3.63, 3.8) is 0 Å². The molecule has 0 fully saturated rings. The zero-order chi connectivity index (χ0) is 11.5. The number of hydrogen-bond acceptors (Lipinski definition) is 6. The second-order valence-corrected chi connectivity index (χ2v) is 3.51. The van der Waals surface area contributed by atoms with Crippen LogP contribution in [0.2, 0.25) is 5.02 Å². The van der Waals surface area contributed by atoms with Crippen LogP contribution in [-0.2, 0) is 0 Å². The Kier molecular flexibility index (Phi) is 3.14. The summed E-state index contributed by atoms with van der Waals surface area (Å²) in [6.45, 7) is 0.0235. The maximum Gasteiger partial charge on any atom is 0.257 e. The summed E-state index contributed by atoms with van der Waals surface area (Å²) < 4.78 is 4.84. The van der Waals surface area contributed by atoms with Gasteiger partial charge in [0.15, 0.2) is 0 Å². The Morgan fingerprint density at radius 1 is 1.50 bits per heavy atom. The topological polar surface area (TPSA) is 98.1 Å². The summed E-state index contributed by atoms with van der Waals surface area (Å²) in [7, 11) is 0. The van der Waals surface area contributed by atoms with E-state index < -0.39 is 6.10 Å². The van der Waals surface area contributed by atoms with Crippen molar-refractivity contribution in [2.45, 2.75) is 6.10 Å². The smallest absolute Gasteiger partial charge is 0.257 e.